The summed E-state index contributed by atoms with van der Waals surface area (Å²) in [4.78, 5) is 0. The molecule has 3 atom stereocenters. The summed E-state index contributed by atoms with van der Waals surface area (Å²) in [5.41, 5.74) is 2.68. The van der Waals surface area contributed by atoms with Crippen LogP contribution in [-0.4, -0.2) is 24.4 Å². The predicted octanol–water partition coefficient (Wildman–Crippen LogP) is 2.40. The summed E-state index contributed by atoms with van der Waals surface area (Å²) >= 11 is 0. The van der Waals surface area contributed by atoms with Crippen molar-refractivity contribution in [3.05, 3.63) is 35.4 Å². The fraction of sp³-hybridized carbons (Fsp3) is 0.625. The quantitative estimate of drug-likeness (QED) is 0.878. The van der Waals surface area contributed by atoms with Gasteiger partial charge in [-0.25, -0.2) is 0 Å². The molecular weight excluding hydrogens is 238 g/mol. The highest BCUT2D eigenvalue weighted by Gasteiger charge is 2.23. The molecule has 2 aliphatic rings. The smallest absolute Gasteiger partial charge is 0.0721 e. The lowest BCUT2D eigenvalue weighted by molar-refractivity contribution is 0.0733. The van der Waals surface area contributed by atoms with Gasteiger partial charge in [-0.2, -0.15) is 0 Å². The molecule has 1 aromatic rings. The Morgan fingerprint density at radius 2 is 2.16 bits per heavy atom. The largest absolute Gasteiger partial charge is 0.393 e. The molecule has 104 valence electrons. The van der Waals surface area contributed by atoms with Gasteiger partial charge >= 0.3 is 0 Å². The van der Waals surface area contributed by atoms with E-state index in [1.54, 1.807) is 0 Å². The van der Waals surface area contributed by atoms with E-state index >= 15 is 0 Å². The van der Waals surface area contributed by atoms with Crippen molar-refractivity contribution in [2.45, 2.75) is 44.4 Å². The van der Waals surface area contributed by atoms with Crippen molar-refractivity contribution in [2.24, 2.45) is 5.92 Å². The molecule has 1 aromatic carbocycles. The molecule has 3 unspecified atom stereocenters. The van der Waals surface area contributed by atoms with Crippen LogP contribution in [0.1, 0.15) is 42.9 Å². The Hall–Kier alpha value is -0.900. The van der Waals surface area contributed by atoms with Gasteiger partial charge < -0.3 is 15.2 Å². The van der Waals surface area contributed by atoms with Gasteiger partial charge in [0.2, 0.25) is 0 Å². The van der Waals surface area contributed by atoms with E-state index in [9.17, 15) is 5.11 Å². The molecule has 1 fully saturated rings. The first-order valence-electron chi connectivity index (χ1n) is 7.40. The highest BCUT2D eigenvalue weighted by molar-refractivity contribution is 5.31. The summed E-state index contributed by atoms with van der Waals surface area (Å²) in [7, 11) is 0. The normalized spacial score (nSPS) is 30.9. The van der Waals surface area contributed by atoms with E-state index in [0.717, 1.165) is 39.0 Å². The second-order valence-corrected chi connectivity index (χ2v) is 5.86. The summed E-state index contributed by atoms with van der Waals surface area (Å²) in [6, 6.07) is 8.83. The molecule has 3 heteroatoms. The van der Waals surface area contributed by atoms with Crippen molar-refractivity contribution in [3.63, 3.8) is 0 Å². The van der Waals surface area contributed by atoms with Crippen LogP contribution in [0.5, 0.6) is 0 Å². The Bertz CT molecular complexity index is 421. The van der Waals surface area contributed by atoms with Crippen molar-refractivity contribution in [3.8, 4) is 0 Å². The topological polar surface area (TPSA) is 41.5 Å². The fourth-order valence-electron chi connectivity index (χ4n) is 3.31. The minimum atomic E-state index is -0.0876. The van der Waals surface area contributed by atoms with Crippen molar-refractivity contribution in [1.82, 2.24) is 5.32 Å². The first kappa shape index (κ1) is 13.1. The van der Waals surface area contributed by atoms with Gasteiger partial charge in [0.15, 0.2) is 0 Å². The van der Waals surface area contributed by atoms with E-state index in [1.807, 2.05) is 0 Å². The summed E-state index contributed by atoms with van der Waals surface area (Å²) in [6.45, 7) is 2.47. The van der Waals surface area contributed by atoms with E-state index < -0.39 is 0 Å². The zero-order valence-electron chi connectivity index (χ0n) is 11.3. The van der Waals surface area contributed by atoms with Gasteiger partial charge in [-0.1, -0.05) is 30.7 Å². The molecule has 0 amide bonds. The second-order valence-electron chi connectivity index (χ2n) is 5.86. The maximum atomic E-state index is 9.72. The minimum Gasteiger partial charge on any atom is -0.393 e. The number of aliphatic hydroxyl groups is 1. The van der Waals surface area contributed by atoms with Crippen LogP contribution in [0.4, 0.5) is 0 Å². The van der Waals surface area contributed by atoms with E-state index in [2.05, 4.69) is 29.6 Å². The molecule has 0 saturated heterocycles. The maximum Gasteiger partial charge on any atom is 0.0721 e. The summed E-state index contributed by atoms with van der Waals surface area (Å²) in [5.74, 6) is 0.609. The number of aliphatic hydroxyl groups excluding tert-OH is 1. The van der Waals surface area contributed by atoms with Crippen LogP contribution in [0.2, 0.25) is 0 Å². The fourth-order valence-corrected chi connectivity index (χ4v) is 3.31. The lowest BCUT2D eigenvalue weighted by Crippen LogP contribution is -2.35. The molecule has 0 spiro atoms. The van der Waals surface area contributed by atoms with Gasteiger partial charge in [-0.15, -0.1) is 0 Å². The number of ether oxygens (including phenoxy) is 1. The van der Waals surface area contributed by atoms with Crippen LogP contribution < -0.4 is 5.32 Å². The molecule has 3 nitrogen and oxygen atoms in total. The van der Waals surface area contributed by atoms with Crippen LogP contribution in [0, 0.1) is 5.92 Å². The van der Waals surface area contributed by atoms with Crippen molar-refractivity contribution >= 4 is 0 Å². The molecule has 0 aromatic heterocycles. The lowest BCUT2D eigenvalue weighted by Gasteiger charge is -2.31. The highest BCUT2D eigenvalue weighted by Crippen LogP contribution is 2.27. The van der Waals surface area contributed by atoms with Crippen LogP contribution in [-0.2, 0) is 11.3 Å². The second kappa shape index (κ2) is 6.04. The van der Waals surface area contributed by atoms with Gasteiger partial charge in [0, 0.05) is 0 Å². The average Bonchev–Trinajstić information content (AvgIpc) is 2.45. The molecule has 1 aliphatic heterocycles. The zero-order valence-corrected chi connectivity index (χ0v) is 11.3. The standard InChI is InChI=1S/C16H23NO2/c18-14-6-3-4-12(8-14)9-17-16-11-19-10-13-5-1-2-7-15(13)16/h1-2,5,7,12,14,16-18H,3-4,6,8-11H2. The number of hydrogen-bond acceptors (Lipinski definition) is 3. The van der Waals surface area contributed by atoms with E-state index in [-0.39, 0.29) is 6.10 Å². The lowest BCUT2D eigenvalue weighted by atomic mass is 9.87. The van der Waals surface area contributed by atoms with Crippen molar-refractivity contribution in [2.75, 3.05) is 13.2 Å². The first-order chi connectivity index (χ1) is 9.33. The van der Waals surface area contributed by atoms with Crippen LogP contribution in [0.3, 0.4) is 0 Å². The molecule has 2 N–H and O–H groups in total. The highest BCUT2D eigenvalue weighted by atomic mass is 16.5. The molecule has 1 aliphatic carbocycles. The Balaban J connectivity index is 1.59. The van der Waals surface area contributed by atoms with E-state index in [0.29, 0.717) is 12.0 Å². The van der Waals surface area contributed by atoms with E-state index in [4.69, 9.17) is 4.74 Å². The van der Waals surface area contributed by atoms with Crippen molar-refractivity contribution in [1.29, 1.82) is 0 Å². The summed E-state index contributed by atoms with van der Waals surface area (Å²) < 4.78 is 5.66. The Kier molecular flexibility index (Phi) is 4.16. The zero-order chi connectivity index (χ0) is 13.1. The van der Waals surface area contributed by atoms with Crippen molar-refractivity contribution < 1.29 is 9.84 Å². The maximum absolute atomic E-state index is 9.72. The Morgan fingerprint density at radius 3 is 3.05 bits per heavy atom. The molecular formula is C16H23NO2. The molecule has 0 bridgehead atoms. The number of nitrogens with one attached hydrogen (secondary N) is 1. The molecule has 1 saturated carbocycles. The molecule has 1 heterocycles. The predicted molar refractivity (Wildman–Crippen MR) is 74.8 cm³/mol. The van der Waals surface area contributed by atoms with Gasteiger partial charge in [-0.05, 0) is 42.9 Å². The van der Waals surface area contributed by atoms with Crippen LogP contribution >= 0.6 is 0 Å². The summed E-state index contributed by atoms with van der Waals surface area (Å²) in [5, 5.41) is 13.4. The molecule has 19 heavy (non-hydrogen) atoms. The first-order valence-corrected chi connectivity index (χ1v) is 7.40. The van der Waals surface area contributed by atoms with Gasteiger partial charge in [0.05, 0.1) is 25.4 Å². The van der Waals surface area contributed by atoms with E-state index in [1.165, 1.54) is 17.5 Å². The summed E-state index contributed by atoms with van der Waals surface area (Å²) in [6.07, 6.45) is 4.23. The van der Waals surface area contributed by atoms with Gasteiger partial charge in [0.25, 0.3) is 0 Å². The van der Waals surface area contributed by atoms with Gasteiger partial charge in [-0.3, -0.25) is 0 Å². The number of rotatable bonds is 3. The van der Waals surface area contributed by atoms with Crippen LogP contribution in [0.25, 0.3) is 0 Å². The third-order valence-electron chi connectivity index (χ3n) is 4.38. The third-order valence-corrected chi connectivity index (χ3v) is 4.38. The third kappa shape index (κ3) is 3.16. The number of fused-ring (bicyclic) bond motifs is 1. The minimum absolute atomic E-state index is 0.0876. The monoisotopic (exact) mass is 261 g/mol. The SMILES string of the molecule is OC1CCCC(CNC2COCc3ccccc32)C1. The Morgan fingerprint density at radius 1 is 1.26 bits per heavy atom. The Labute approximate surface area is 115 Å². The average molecular weight is 261 g/mol. The molecule has 3 rings (SSSR count). The van der Waals surface area contributed by atoms with Crippen LogP contribution in [0.15, 0.2) is 24.3 Å². The molecule has 0 radical (unpaired) electrons. The number of hydrogen-bond donors (Lipinski definition) is 2. The van der Waals surface area contributed by atoms with Gasteiger partial charge in [0.1, 0.15) is 0 Å². The number of benzene rings is 1.